The molecule has 0 aliphatic carbocycles. The van der Waals surface area contributed by atoms with Crippen molar-refractivity contribution in [2.45, 2.75) is 130 Å². The maximum absolute atomic E-state index is 11.8. The normalized spacial score (nSPS) is 23.2. The van der Waals surface area contributed by atoms with Gasteiger partial charge in [-0.1, -0.05) is 36.1 Å². The van der Waals surface area contributed by atoms with Gasteiger partial charge >= 0.3 is 6.09 Å². The van der Waals surface area contributed by atoms with Gasteiger partial charge in [0.05, 0.1) is 44.2 Å². The fourth-order valence-corrected chi connectivity index (χ4v) is 11.4. The molecule has 0 aromatic heterocycles. The Morgan fingerprint density at radius 3 is 1.68 bits per heavy atom. The Hall–Kier alpha value is -3.97. The molecule has 0 aromatic carbocycles. The second-order valence-electron chi connectivity index (χ2n) is 15.0. The number of amides is 3. The molecular formula is C33H60N12O29P6-6. The van der Waals surface area contributed by atoms with Crippen molar-refractivity contribution in [2.75, 3.05) is 46.2 Å². The summed E-state index contributed by atoms with van der Waals surface area (Å²) in [5.74, 6) is 4.34. The maximum Gasteiger partial charge on any atom is 0.407 e. The fraction of sp³-hybridized carbons (Fsp3) is 0.818. The number of Topliss-reactive ketones (excluding diaryl/α,β-unsaturated/α-hetero) is 1. The molecule has 462 valence electrons. The van der Waals surface area contributed by atoms with E-state index < -0.39 is 115 Å². The Labute approximate surface area is 456 Å². The summed E-state index contributed by atoms with van der Waals surface area (Å²) in [6.07, 6.45) is -4.73. The second-order valence-corrected chi connectivity index (χ2v) is 23.5. The van der Waals surface area contributed by atoms with Crippen LogP contribution in [0.5, 0.6) is 0 Å². The third-order valence-electron chi connectivity index (χ3n) is 8.43. The van der Waals surface area contributed by atoms with Crippen LogP contribution in [0.25, 0.3) is 31.3 Å². The lowest BCUT2D eigenvalue weighted by Crippen LogP contribution is -2.38. The van der Waals surface area contributed by atoms with E-state index in [-0.39, 0.29) is 78.5 Å². The number of nitrogens with zero attached hydrogens (tertiary/aromatic N) is 9. The molecule has 2 fully saturated rings. The molecule has 2 heterocycles. The number of ether oxygens (including phenoxy) is 5. The largest absolute Gasteiger partial charge is 0.756 e. The number of phosphoric acid groups is 6. The highest BCUT2D eigenvalue weighted by molar-refractivity contribution is 7.65. The molecule has 0 saturated carbocycles. The topological polar surface area (TPSA) is 633 Å². The Morgan fingerprint density at radius 1 is 0.725 bits per heavy atom. The number of hydrogen-bond acceptors (Lipinski definition) is 30. The van der Waals surface area contributed by atoms with Crippen molar-refractivity contribution < 1.29 is 136 Å². The van der Waals surface area contributed by atoms with Gasteiger partial charge in [0.2, 0.25) is 11.8 Å². The molecule has 0 spiro atoms. The highest BCUT2D eigenvalue weighted by Gasteiger charge is 2.38. The molecule has 2 aliphatic heterocycles. The summed E-state index contributed by atoms with van der Waals surface area (Å²) in [5.41, 5.74) is 25.2. The molecule has 0 radical (unpaired) electrons. The molecule has 14 atom stereocenters. The van der Waals surface area contributed by atoms with E-state index in [2.05, 4.69) is 84.2 Å². The van der Waals surface area contributed by atoms with Crippen LogP contribution in [-0.4, -0.2) is 129 Å². The van der Waals surface area contributed by atoms with Gasteiger partial charge in [0, 0.05) is 54.0 Å². The molecule has 2 saturated heterocycles. The lowest BCUT2D eigenvalue weighted by Gasteiger charge is -2.33. The van der Waals surface area contributed by atoms with Crippen LogP contribution in [0.2, 0.25) is 0 Å². The van der Waals surface area contributed by atoms with E-state index in [1.807, 2.05) is 0 Å². The van der Waals surface area contributed by atoms with Crippen molar-refractivity contribution in [2.24, 2.45) is 15.3 Å². The van der Waals surface area contributed by atoms with Gasteiger partial charge in [0.1, 0.15) is 37.6 Å². The van der Waals surface area contributed by atoms with Crippen molar-refractivity contribution in [3.05, 3.63) is 31.3 Å². The monoisotopic (exact) mass is 1270 g/mol. The third kappa shape index (κ3) is 41.1. The quantitative estimate of drug-likeness (QED) is 0.0154. The van der Waals surface area contributed by atoms with Gasteiger partial charge in [-0.05, 0) is 57.1 Å². The van der Waals surface area contributed by atoms with E-state index in [1.165, 1.54) is 13.8 Å². The molecule has 47 heteroatoms. The Balaban J connectivity index is -0.00000112. The molecule has 80 heavy (non-hydrogen) atoms. The first-order valence-electron chi connectivity index (χ1n) is 21.4. The Bertz CT molecular complexity index is 2500. The van der Waals surface area contributed by atoms with E-state index in [9.17, 15) is 75.9 Å². The van der Waals surface area contributed by atoms with Crippen LogP contribution < -0.4 is 45.3 Å². The summed E-state index contributed by atoms with van der Waals surface area (Å²) in [6, 6.07) is -1.16. The number of carbonyl (C=O) groups excluding carboxylic acids is 4. The minimum Gasteiger partial charge on any atom is -0.756 e. The van der Waals surface area contributed by atoms with Crippen molar-refractivity contribution in [3.63, 3.8) is 0 Å². The number of ketones is 1. The first-order chi connectivity index (χ1) is 36.0. The number of hydrogen-bond donors (Lipinski definition) is 5. The second kappa shape index (κ2) is 39.5. The predicted octanol–water partition coefficient (Wildman–Crippen LogP) is 0.595. The minimum absolute atomic E-state index is 0. The summed E-state index contributed by atoms with van der Waals surface area (Å²) in [5, 5.41) is 17.2. The zero-order valence-electron chi connectivity index (χ0n) is 41.2. The number of nitrogens with one attached hydrogen (secondary N) is 3. The zero-order valence-corrected chi connectivity index (χ0v) is 46.6. The molecule has 0 bridgehead atoms. The molecule has 41 nitrogen and oxygen atoms in total. The number of rotatable bonds is 32. The van der Waals surface area contributed by atoms with E-state index in [0.717, 1.165) is 0 Å². The van der Waals surface area contributed by atoms with Crippen LogP contribution in [0, 0.1) is 11.8 Å². The van der Waals surface area contributed by atoms with Gasteiger partial charge in [-0.2, -0.15) is 0 Å². The summed E-state index contributed by atoms with van der Waals surface area (Å²) in [4.78, 5) is 135. The standard InChI is InChI=1S/C13H19N5O4.C11H23N4O13P3.C7H16N3O12P3.2CH4/c1-3-4-7-16-13(21)22-9-11(17-18-14)12(20)15-8-5-6-10(2)19;1-7-5-9(26-11(14-15-12)3-4-13-8(2)16)10(25-7)6-24-30(20,21)28-31(22,23)27-29(17,18)19;1-5-2-6(18-4-9-10-8)7(20-5)3-19-24(14,15)22-25(16,17)21-23(11,12)13;;/h11H,5-9H2,1-2H3,(H,15,20)(H,16,21);7,9-11H,3-6H2,1-2H3,(H,13,16)(H,20,21)(H,22,23)(H2,17,18,19);5-7H,2-4H2,1H3,(H,14,15)(H,16,17)(H2,11,12,13);2*1H4/p-6/t;7-,9+,10+,11?;5-,6+,7+;;/m.00../s1. The lowest BCUT2D eigenvalue weighted by molar-refractivity contribution is -0.254. The molecular weight excluding hydrogens is 1210 g/mol. The van der Waals surface area contributed by atoms with Gasteiger partial charge in [0.25, 0.3) is 46.9 Å². The first kappa shape index (κ1) is 80.3. The van der Waals surface area contributed by atoms with Crippen LogP contribution >= 0.6 is 46.9 Å². The predicted molar refractivity (Wildman–Crippen MR) is 256 cm³/mol. The molecule has 3 amide bonds. The van der Waals surface area contributed by atoms with E-state index in [4.69, 9.17) is 50.1 Å². The van der Waals surface area contributed by atoms with Crippen molar-refractivity contribution in [1.29, 1.82) is 0 Å². The molecule has 5 N–H and O–H groups in total. The Kier molecular flexibility index (Phi) is 39.6. The van der Waals surface area contributed by atoms with Crippen LogP contribution in [0.4, 0.5) is 4.79 Å². The number of phosphoric ester groups is 2. The Morgan fingerprint density at radius 2 is 1.23 bits per heavy atom. The van der Waals surface area contributed by atoms with Crippen molar-refractivity contribution in [3.8, 4) is 11.8 Å². The zero-order chi connectivity index (χ0) is 60.0. The molecule has 2 aliphatic rings. The third-order valence-corrected chi connectivity index (χ3v) is 15.8. The average Bonchev–Trinajstić information content (AvgIpc) is 3.82. The highest BCUT2D eigenvalue weighted by Crippen LogP contribution is 2.62. The summed E-state index contributed by atoms with van der Waals surface area (Å²) in [6.45, 7) is 5.88. The van der Waals surface area contributed by atoms with Crippen LogP contribution in [0.15, 0.2) is 15.3 Å². The van der Waals surface area contributed by atoms with E-state index >= 15 is 0 Å². The molecule has 0 aromatic rings. The maximum atomic E-state index is 11.8. The highest BCUT2D eigenvalue weighted by atomic mass is 31.3. The lowest BCUT2D eigenvalue weighted by atomic mass is 10.1. The van der Waals surface area contributed by atoms with Gasteiger partial charge in [-0.15, -0.1) is 5.92 Å². The van der Waals surface area contributed by atoms with Crippen molar-refractivity contribution >= 4 is 70.6 Å². The average molecular weight is 1270 g/mol. The van der Waals surface area contributed by atoms with Crippen LogP contribution in [0.3, 0.4) is 0 Å². The summed E-state index contributed by atoms with van der Waals surface area (Å²) >= 11 is 0. The van der Waals surface area contributed by atoms with Gasteiger partial charge in [0.15, 0.2) is 6.04 Å². The SMILES string of the molecule is C.C.CC#CCNC(=O)OCC(N=[N+]=[N-])C(=O)NCCCC(C)=O.CC(=O)NCCC(N=[N+]=[N-])O[C@@H]1C[C@H](C)O[C@@H]1COP(=O)([O-])OP(=O)([O-])OP(=O)([O-])O.C[C@H]1C[C@@H](OCN=[N+]=[N-])[C@@H](COP(=O)([O-])OP(=O)([O-])OP(=O)([O-])O)O1. The fourth-order valence-electron chi connectivity index (χ4n) is 5.60. The minimum atomic E-state index is -6.01. The molecule has 2 rings (SSSR count). The number of azide groups is 3. The van der Waals surface area contributed by atoms with Crippen molar-refractivity contribution in [1.82, 2.24) is 16.0 Å². The van der Waals surface area contributed by atoms with Gasteiger partial charge < -0.3 is 92.6 Å². The number of carbonyl (C=O) groups is 4. The smallest absolute Gasteiger partial charge is 0.407 e. The van der Waals surface area contributed by atoms with Gasteiger partial charge in [-0.3, -0.25) is 37.0 Å². The van der Waals surface area contributed by atoms with E-state index in [0.29, 0.717) is 19.3 Å². The molecule has 8 unspecified atom stereocenters. The van der Waals surface area contributed by atoms with Crippen LogP contribution in [0.1, 0.15) is 81.6 Å². The summed E-state index contributed by atoms with van der Waals surface area (Å²) < 4.78 is 114. The summed E-state index contributed by atoms with van der Waals surface area (Å²) in [7, 11) is -34.8. The van der Waals surface area contributed by atoms with Crippen LogP contribution in [-0.2, 0) is 91.7 Å². The number of alkyl carbamates (subject to hydrolysis) is 1. The first-order valence-corrected chi connectivity index (χ1v) is 30.3. The van der Waals surface area contributed by atoms with E-state index in [1.54, 1.807) is 20.8 Å². The van der Waals surface area contributed by atoms with Gasteiger partial charge in [-0.25, -0.2) is 22.0 Å².